The van der Waals surface area contributed by atoms with Gasteiger partial charge >= 0.3 is 0 Å². The lowest BCUT2D eigenvalue weighted by Gasteiger charge is -2.30. The molecule has 2 aliphatic heterocycles. The van der Waals surface area contributed by atoms with Crippen LogP contribution in [0.1, 0.15) is 23.2 Å². The first-order chi connectivity index (χ1) is 12.7. The van der Waals surface area contributed by atoms with Crippen molar-refractivity contribution in [1.82, 2.24) is 15.2 Å². The summed E-state index contributed by atoms with van der Waals surface area (Å²) in [6.07, 6.45) is 3.96. The predicted molar refractivity (Wildman–Crippen MR) is 97.7 cm³/mol. The topological polar surface area (TPSA) is 63.7 Å². The highest BCUT2D eigenvalue weighted by molar-refractivity contribution is 5.94. The van der Waals surface area contributed by atoms with Crippen LogP contribution in [-0.2, 0) is 0 Å². The maximum atomic E-state index is 12.5. The highest BCUT2D eigenvalue weighted by atomic mass is 16.5. The van der Waals surface area contributed by atoms with Crippen molar-refractivity contribution in [3.05, 3.63) is 48.2 Å². The van der Waals surface area contributed by atoms with E-state index >= 15 is 0 Å². The number of aromatic nitrogens is 1. The van der Waals surface area contributed by atoms with Crippen molar-refractivity contribution in [2.24, 2.45) is 5.92 Å². The van der Waals surface area contributed by atoms with Crippen LogP contribution >= 0.6 is 0 Å². The molecule has 0 spiro atoms. The SMILES string of the molecule is COc1ccc(Oc2ccc(C(=O)N[C@@H]3C[C@H]4CCN(C4)C3)cc2)cn1. The number of ether oxygens (including phenoxy) is 2. The van der Waals surface area contributed by atoms with Crippen LogP contribution in [0.4, 0.5) is 0 Å². The second-order valence-electron chi connectivity index (χ2n) is 6.98. The largest absolute Gasteiger partial charge is 0.481 e. The standard InChI is InChI=1S/C20H23N3O3/c1-25-19-7-6-18(11-21-19)26-17-4-2-15(3-5-17)20(24)22-16-10-14-8-9-23(12-14)13-16/h2-7,11,14,16H,8-10,12-13H2,1H3,(H,22,24)/t14-,16-/m1/s1. The number of pyridine rings is 1. The number of rotatable bonds is 5. The second-order valence-corrected chi connectivity index (χ2v) is 6.98. The normalized spacial score (nSPS) is 24.1. The lowest BCUT2D eigenvalue weighted by molar-refractivity contribution is 0.0909. The van der Waals surface area contributed by atoms with Crippen LogP contribution in [0, 0.1) is 5.92 Å². The Hall–Kier alpha value is -2.60. The summed E-state index contributed by atoms with van der Waals surface area (Å²) >= 11 is 0. The molecule has 1 unspecified atom stereocenters. The van der Waals surface area contributed by atoms with E-state index in [0.29, 0.717) is 22.9 Å². The quantitative estimate of drug-likeness (QED) is 0.895. The fraction of sp³-hybridized carbons (Fsp3) is 0.400. The van der Waals surface area contributed by atoms with E-state index in [4.69, 9.17) is 9.47 Å². The van der Waals surface area contributed by atoms with E-state index in [2.05, 4.69) is 15.2 Å². The van der Waals surface area contributed by atoms with Gasteiger partial charge < -0.3 is 19.7 Å². The van der Waals surface area contributed by atoms with Crippen LogP contribution in [0.15, 0.2) is 42.6 Å². The molecule has 0 aliphatic carbocycles. The Morgan fingerprint density at radius 3 is 2.65 bits per heavy atom. The molecule has 2 saturated heterocycles. The molecular weight excluding hydrogens is 330 g/mol. The Morgan fingerprint density at radius 1 is 1.15 bits per heavy atom. The Kier molecular flexibility index (Phi) is 4.75. The summed E-state index contributed by atoms with van der Waals surface area (Å²) in [5, 5.41) is 3.17. The van der Waals surface area contributed by atoms with Gasteiger partial charge in [-0.05, 0) is 55.6 Å². The first kappa shape index (κ1) is 16.8. The first-order valence-electron chi connectivity index (χ1n) is 9.01. The Labute approximate surface area is 153 Å². The summed E-state index contributed by atoms with van der Waals surface area (Å²) in [7, 11) is 1.57. The van der Waals surface area contributed by atoms with E-state index in [0.717, 1.165) is 18.9 Å². The molecule has 1 aromatic heterocycles. The van der Waals surface area contributed by atoms with Gasteiger partial charge in [-0.15, -0.1) is 0 Å². The van der Waals surface area contributed by atoms with Crippen LogP contribution < -0.4 is 14.8 Å². The van der Waals surface area contributed by atoms with Gasteiger partial charge in [-0.1, -0.05) is 0 Å². The molecular formula is C20H23N3O3. The van der Waals surface area contributed by atoms with Gasteiger partial charge in [0.05, 0.1) is 13.3 Å². The zero-order valence-electron chi connectivity index (χ0n) is 14.9. The first-order valence-corrected chi connectivity index (χ1v) is 9.01. The Morgan fingerprint density at radius 2 is 1.96 bits per heavy atom. The summed E-state index contributed by atoms with van der Waals surface area (Å²) in [4.78, 5) is 19.0. The Balaban J connectivity index is 1.35. The number of hydrogen-bond donors (Lipinski definition) is 1. The number of nitrogens with one attached hydrogen (secondary N) is 1. The van der Waals surface area contributed by atoms with Crippen LogP contribution in [0.3, 0.4) is 0 Å². The van der Waals surface area contributed by atoms with Crippen molar-refractivity contribution < 1.29 is 14.3 Å². The van der Waals surface area contributed by atoms with Crippen molar-refractivity contribution in [3.8, 4) is 17.4 Å². The summed E-state index contributed by atoms with van der Waals surface area (Å²) in [6.45, 7) is 3.33. The van der Waals surface area contributed by atoms with Gasteiger partial charge in [0.1, 0.15) is 11.5 Å². The van der Waals surface area contributed by atoms with Crippen LogP contribution in [0.5, 0.6) is 17.4 Å². The molecule has 6 nitrogen and oxygen atoms in total. The van der Waals surface area contributed by atoms with Gasteiger partial charge in [0.2, 0.25) is 5.88 Å². The third-order valence-corrected chi connectivity index (χ3v) is 5.07. The number of carbonyl (C=O) groups excluding carboxylic acids is 1. The average Bonchev–Trinajstić information content (AvgIpc) is 3.01. The molecule has 4 rings (SSSR count). The zero-order chi connectivity index (χ0) is 17.9. The number of piperidine rings is 1. The number of hydrogen-bond acceptors (Lipinski definition) is 5. The minimum absolute atomic E-state index is 0.0184. The number of nitrogens with zero attached hydrogens (tertiary/aromatic N) is 2. The zero-order valence-corrected chi connectivity index (χ0v) is 14.9. The minimum atomic E-state index is -0.0184. The van der Waals surface area contributed by atoms with E-state index in [9.17, 15) is 4.79 Å². The van der Waals surface area contributed by atoms with Gasteiger partial charge in [-0.3, -0.25) is 4.79 Å². The molecule has 1 amide bonds. The van der Waals surface area contributed by atoms with Crippen LogP contribution in [0.25, 0.3) is 0 Å². The van der Waals surface area contributed by atoms with E-state index in [1.165, 1.54) is 19.5 Å². The Bertz CT molecular complexity index is 749. The van der Waals surface area contributed by atoms with E-state index in [-0.39, 0.29) is 11.9 Å². The average molecular weight is 353 g/mol. The monoisotopic (exact) mass is 353 g/mol. The molecule has 3 atom stereocenters. The smallest absolute Gasteiger partial charge is 0.251 e. The highest BCUT2D eigenvalue weighted by Crippen LogP contribution is 2.27. The maximum Gasteiger partial charge on any atom is 0.251 e. The summed E-state index contributed by atoms with van der Waals surface area (Å²) in [6, 6.07) is 11.0. The van der Waals surface area contributed by atoms with Crippen LogP contribution in [-0.4, -0.2) is 48.6 Å². The van der Waals surface area contributed by atoms with Crippen LogP contribution in [0.2, 0.25) is 0 Å². The molecule has 0 saturated carbocycles. The predicted octanol–water partition coefficient (Wildman–Crippen LogP) is 2.71. The molecule has 2 bridgehead atoms. The summed E-state index contributed by atoms with van der Waals surface area (Å²) < 4.78 is 10.8. The molecule has 6 heteroatoms. The summed E-state index contributed by atoms with van der Waals surface area (Å²) in [5.74, 6) is 2.54. The fourth-order valence-electron chi connectivity index (χ4n) is 3.79. The van der Waals surface area contributed by atoms with Gasteiger partial charge in [0, 0.05) is 30.8 Å². The van der Waals surface area contributed by atoms with Crippen molar-refractivity contribution in [1.29, 1.82) is 0 Å². The van der Waals surface area contributed by atoms with E-state index in [1.54, 1.807) is 49.7 Å². The van der Waals surface area contributed by atoms with Gasteiger partial charge in [-0.2, -0.15) is 0 Å². The van der Waals surface area contributed by atoms with Crippen molar-refractivity contribution in [2.75, 3.05) is 26.7 Å². The number of benzene rings is 1. The van der Waals surface area contributed by atoms with Crippen molar-refractivity contribution >= 4 is 5.91 Å². The number of carbonyl (C=O) groups is 1. The lowest BCUT2D eigenvalue weighted by atomic mass is 9.96. The van der Waals surface area contributed by atoms with Gasteiger partial charge in [0.25, 0.3) is 5.91 Å². The molecule has 1 aromatic carbocycles. The maximum absolute atomic E-state index is 12.5. The van der Waals surface area contributed by atoms with Gasteiger partial charge in [-0.25, -0.2) is 4.98 Å². The summed E-state index contributed by atoms with van der Waals surface area (Å²) in [5.41, 5.74) is 0.651. The fourth-order valence-corrected chi connectivity index (χ4v) is 3.79. The second kappa shape index (κ2) is 7.33. The number of amides is 1. The molecule has 26 heavy (non-hydrogen) atoms. The number of fused-ring (bicyclic) bond motifs is 2. The van der Waals surface area contributed by atoms with E-state index in [1.807, 2.05) is 0 Å². The van der Waals surface area contributed by atoms with E-state index < -0.39 is 0 Å². The van der Waals surface area contributed by atoms with Crippen molar-refractivity contribution in [2.45, 2.75) is 18.9 Å². The number of methoxy groups -OCH3 is 1. The third-order valence-electron chi connectivity index (χ3n) is 5.07. The molecule has 2 aromatic rings. The van der Waals surface area contributed by atoms with Gasteiger partial charge in [0.15, 0.2) is 0 Å². The molecule has 2 aliphatic rings. The molecule has 136 valence electrons. The van der Waals surface area contributed by atoms with Crippen molar-refractivity contribution in [3.63, 3.8) is 0 Å². The third kappa shape index (κ3) is 3.80. The molecule has 0 radical (unpaired) electrons. The molecule has 2 fully saturated rings. The lowest BCUT2D eigenvalue weighted by Crippen LogP contribution is -2.46. The highest BCUT2D eigenvalue weighted by Gasteiger charge is 2.32. The molecule has 3 heterocycles. The minimum Gasteiger partial charge on any atom is -0.481 e. The molecule has 1 N–H and O–H groups in total.